The van der Waals surface area contributed by atoms with Gasteiger partial charge in [0.2, 0.25) is 11.7 Å². The molecule has 1 fully saturated rings. The maximum atomic E-state index is 12.0. The molecule has 2 heterocycles. The van der Waals surface area contributed by atoms with E-state index in [-0.39, 0.29) is 11.3 Å². The van der Waals surface area contributed by atoms with Gasteiger partial charge in [0.25, 0.3) is 0 Å². The van der Waals surface area contributed by atoms with E-state index in [1.54, 1.807) is 18.6 Å². The fourth-order valence-corrected chi connectivity index (χ4v) is 4.75. The Kier molecular flexibility index (Phi) is 4.54. The lowest BCUT2D eigenvalue weighted by atomic mass is 9.94. The highest BCUT2D eigenvalue weighted by molar-refractivity contribution is 7.91. The summed E-state index contributed by atoms with van der Waals surface area (Å²) in [6, 6.07) is 1.75. The summed E-state index contributed by atoms with van der Waals surface area (Å²) in [6.07, 6.45) is 8.04. The molecule has 0 unspecified atom stereocenters. The van der Waals surface area contributed by atoms with Crippen molar-refractivity contribution in [3.8, 4) is 11.4 Å². The third-order valence-corrected chi connectivity index (χ3v) is 6.07. The zero-order chi connectivity index (χ0) is 16.4. The van der Waals surface area contributed by atoms with Gasteiger partial charge in [-0.1, -0.05) is 18.0 Å². The number of furan rings is 1. The van der Waals surface area contributed by atoms with Gasteiger partial charge < -0.3 is 8.94 Å². The first kappa shape index (κ1) is 16.2. The van der Waals surface area contributed by atoms with E-state index in [0.717, 1.165) is 31.2 Å². The van der Waals surface area contributed by atoms with Gasteiger partial charge in [0.15, 0.2) is 9.84 Å². The quantitative estimate of drug-likeness (QED) is 0.824. The Labute approximate surface area is 135 Å². The number of rotatable bonds is 5. The van der Waals surface area contributed by atoms with Crippen LogP contribution in [0.4, 0.5) is 0 Å². The van der Waals surface area contributed by atoms with Crippen molar-refractivity contribution in [3.05, 3.63) is 24.5 Å². The molecule has 0 amide bonds. The summed E-state index contributed by atoms with van der Waals surface area (Å²) >= 11 is 0. The van der Waals surface area contributed by atoms with Crippen molar-refractivity contribution in [2.45, 2.75) is 43.5 Å². The minimum absolute atomic E-state index is 0.0111. The van der Waals surface area contributed by atoms with Crippen molar-refractivity contribution < 1.29 is 17.4 Å². The van der Waals surface area contributed by atoms with Crippen LogP contribution >= 0.6 is 0 Å². The van der Waals surface area contributed by atoms with Gasteiger partial charge in [0, 0.05) is 12.3 Å². The van der Waals surface area contributed by atoms with E-state index in [9.17, 15) is 8.42 Å². The Morgan fingerprint density at radius 3 is 2.83 bits per heavy atom. The third kappa shape index (κ3) is 3.64. The summed E-state index contributed by atoms with van der Waals surface area (Å²) < 4.78 is 34.3. The Bertz CT molecular complexity index is 739. The predicted molar refractivity (Wildman–Crippen MR) is 84.4 cm³/mol. The molecule has 0 aliphatic heterocycles. The maximum Gasteiger partial charge on any atom is 0.241 e. The van der Waals surface area contributed by atoms with Crippen LogP contribution in [0.2, 0.25) is 0 Å². The lowest BCUT2D eigenvalue weighted by Crippen LogP contribution is -2.46. The first-order valence-corrected chi connectivity index (χ1v) is 9.65. The number of nitrogens with zero attached hydrogens (tertiary/aromatic N) is 3. The molecule has 2 aromatic rings. The van der Waals surface area contributed by atoms with Gasteiger partial charge in [-0.3, -0.25) is 4.90 Å². The molecule has 23 heavy (non-hydrogen) atoms. The molecule has 1 aliphatic carbocycles. The van der Waals surface area contributed by atoms with E-state index >= 15 is 0 Å². The summed E-state index contributed by atoms with van der Waals surface area (Å²) in [5, 5.41) is 3.61. The molecule has 2 atom stereocenters. The third-order valence-electron chi connectivity index (χ3n) is 4.42. The summed E-state index contributed by atoms with van der Waals surface area (Å²) in [4.78, 5) is 6.36. The smallest absolute Gasteiger partial charge is 0.241 e. The second kappa shape index (κ2) is 6.45. The van der Waals surface area contributed by atoms with Gasteiger partial charge in [-0.2, -0.15) is 4.98 Å². The highest BCUT2D eigenvalue weighted by Crippen LogP contribution is 2.28. The van der Waals surface area contributed by atoms with Crippen LogP contribution in [-0.4, -0.2) is 48.1 Å². The van der Waals surface area contributed by atoms with Crippen LogP contribution in [0.15, 0.2) is 27.5 Å². The van der Waals surface area contributed by atoms with Crippen LogP contribution in [0.5, 0.6) is 0 Å². The van der Waals surface area contributed by atoms with Crippen molar-refractivity contribution in [1.82, 2.24) is 15.0 Å². The number of hydrogen-bond donors (Lipinski definition) is 0. The monoisotopic (exact) mass is 339 g/mol. The average molecular weight is 339 g/mol. The molecule has 0 aromatic carbocycles. The molecule has 0 radical (unpaired) electrons. The van der Waals surface area contributed by atoms with E-state index in [4.69, 9.17) is 8.94 Å². The van der Waals surface area contributed by atoms with Crippen molar-refractivity contribution in [3.63, 3.8) is 0 Å². The molecular weight excluding hydrogens is 318 g/mol. The SMILES string of the molecule is CN(Cc1nc(-c2ccoc2)no1)[C@@H]1CCCC[C@H]1S(C)(=O)=O. The van der Waals surface area contributed by atoms with Gasteiger partial charge in [-0.05, 0) is 26.0 Å². The van der Waals surface area contributed by atoms with Gasteiger partial charge in [-0.25, -0.2) is 8.42 Å². The molecule has 0 bridgehead atoms. The molecule has 1 aliphatic rings. The summed E-state index contributed by atoms with van der Waals surface area (Å²) in [7, 11) is -1.15. The standard InChI is InChI=1S/C15H21N3O4S/c1-18(12-5-3-4-6-13(12)23(2,19)20)9-14-16-15(17-22-14)11-7-8-21-10-11/h7-8,10,12-13H,3-6,9H2,1-2H3/t12-,13-/m1/s1. The molecule has 2 aromatic heterocycles. The Balaban J connectivity index is 1.72. The van der Waals surface area contributed by atoms with Gasteiger partial charge in [0.05, 0.1) is 23.6 Å². The average Bonchev–Trinajstić information content (AvgIpc) is 3.17. The van der Waals surface area contributed by atoms with Gasteiger partial charge in [0.1, 0.15) is 6.26 Å². The second-order valence-corrected chi connectivity index (χ2v) is 8.42. The van der Waals surface area contributed by atoms with E-state index in [1.807, 2.05) is 11.9 Å². The Hall–Kier alpha value is -1.67. The van der Waals surface area contributed by atoms with E-state index in [2.05, 4.69) is 10.1 Å². The van der Waals surface area contributed by atoms with E-state index < -0.39 is 9.84 Å². The Morgan fingerprint density at radius 2 is 2.13 bits per heavy atom. The number of hydrogen-bond acceptors (Lipinski definition) is 7. The highest BCUT2D eigenvalue weighted by atomic mass is 32.2. The number of aromatic nitrogens is 2. The topological polar surface area (TPSA) is 89.4 Å². The largest absolute Gasteiger partial charge is 0.472 e. The first-order valence-electron chi connectivity index (χ1n) is 7.69. The molecular formula is C15H21N3O4S. The maximum absolute atomic E-state index is 12.0. The van der Waals surface area contributed by atoms with Crippen molar-refractivity contribution in [2.75, 3.05) is 13.3 Å². The highest BCUT2D eigenvalue weighted by Gasteiger charge is 2.35. The van der Waals surface area contributed by atoms with Crippen LogP contribution in [0.1, 0.15) is 31.6 Å². The van der Waals surface area contributed by atoms with Crippen LogP contribution < -0.4 is 0 Å². The molecule has 1 saturated carbocycles. The predicted octanol–water partition coefficient (Wildman–Crippen LogP) is 2.12. The zero-order valence-corrected chi connectivity index (χ0v) is 14.1. The second-order valence-electron chi connectivity index (χ2n) is 6.16. The summed E-state index contributed by atoms with van der Waals surface area (Å²) in [5.41, 5.74) is 0.759. The van der Waals surface area contributed by atoms with E-state index in [1.165, 1.54) is 6.26 Å². The molecule has 0 N–H and O–H groups in total. The molecule has 0 spiro atoms. The van der Waals surface area contributed by atoms with Crippen LogP contribution in [0.3, 0.4) is 0 Å². The summed E-state index contributed by atoms with van der Waals surface area (Å²) in [6.45, 7) is 0.432. The number of sulfone groups is 1. The van der Waals surface area contributed by atoms with E-state index in [0.29, 0.717) is 18.3 Å². The summed E-state index contributed by atoms with van der Waals surface area (Å²) in [5.74, 6) is 0.951. The molecule has 0 saturated heterocycles. The van der Waals surface area contributed by atoms with Crippen LogP contribution in [0.25, 0.3) is 11.4 Å². The lowest BCUT2D eigenvalue weighted by molar-refractivity contribution is 0.167. The molecule has 126 valence electrons. The minimum atomic E-state index is -3.06. The molecule has 3 rings (SSSR count). The first-order chi connectivity index (χ1) is 10.9. The van der Waals surface area contributed by atoms with Crippen LogP contribution in [-0.2, 0) is 16.4 Å². The fraction of sp³-hybridized carbons (Fsp3) is 0.600. The van der Waals surface area contributed by atoms with Crippen LogP contribution in [0, 0.1) is 0 Å². The normalized spacial score (nSPS) is 22.6. The Morgan fingerprint density at radius 1 is 1.35 bits per heavy atom. The van der Waals surface area contributed by atoms with Crippen molar-refractivity contribution in [1.29, 1.82) is 0 Å². The molecule has 7 nitrogen and oxygen atoms in total. The zero-order valence-electron chi connectivity index (χ0n) is 13.3. The van der Waals surface area contributed by atoms with Crippen molar-refractivity contribution >= 4 is 9.84 Å². The van der Waals surface area contributed by atoms with Gasteiger partial charge >= 0.3 is 0 Å². The fourth-order valence-electron chi connectivity index (χ4n) is 3.24. The molecule has 8 heteroatoms. The van der Waals surface area contributed by atoms with Crippen molar-refractivity contribution in [2.24, 2.45) is 0 Å². The van der Waals surface area contributed by atoms with Gasteiger partial charge in [-0.15, -0.1) is 0 Å². The minimum Gasteiger partial charge on any atom is -0.472 e. The lowest BCUT2D eigenvalue weighted by Gasteiger charge is -2.36.